The molecule has 1 N–H and O–H groups in total. The summed E-state index contributed by atoms with van der Waals surface area (Å²) in [5, 5.41) is 11.3. The predicted molar refractivity (Wildman–Crippen MR) is 94.0 cm³/mol. The molecule has 3 aromatic rings. The van der Waals surface area contributed by atoms with Gasteiger partial charge in [0.05, 0.1) is 18.8 Å². The molecule has 3 heterocycles. The highest BCUT2D eigenvalue weighted by Crippen LogP contribution is 2.31. The summed E-state index contributed by atoms with van der Waals surface area (Å²) in [7, 11) is 1.86. The minimum Gasteiger partial charge on any atom is -0.338 e. The third-order valence-corrected chi connectivity index (χ3v) is 4.51. The van der Waals surface area contributed by atoms with Crippen molar-refractivity contribution in [1.29, 1.82) is 0 Å². The Bertz CT molecular complexity index is 931. The molecule has 8 heteroatoms. The van der Waals surface area contributed by atoms with Crippen molar-refractivity contribution in [1.82, 2.24) is 30.1 Å². The Morgan fingerprint density at radius 2 is 2.08 bits per heavy atom. The summed E-state index contributed by atoms with van der Waals surface area (Å²) in [6.07, 6.45) is 0.807. The van der Waals surface area contributed by atoms with E-state index in [4.69, 9.17) is 4.52 Å². The van der Waals surface area contributed by atoms with Crippen molar-refractivity contribution < 1.29 is 9.32 Å². The number of nitrogens with zero attached hydrogens (tertiary/aromatic N) is 5. The average Bonchev–Trinajstić information content (AvgIpc) is 3.33. The van der Waals surface area contributed by atoms with Crippen LogP contribution in [-0.2, 0) is 26.6 Å². The molecule has 0 saturated heterocycles. The molecule has 26 heavy (non-hydrogen) atoms. The van der Waals surface area contributed by atoms with E-state index in [9.17, 15) is 4.79 Å². The summed E-state index contributed by atoms with van der Waals surface area (Å²) in [5.41, 5.74) is 3.82. The SMILES string of the molecule is Cc1noc(-c2nn(C)c3c2CN(C(=O)NCCc2ccccc2)C3)n1. The van der Waals surface area contributed by atoms with Gasteiger partial charge in [0.2, 0.25) is 0 Å². The second kappa shape index (κ2) is 6.62. The van der Waals surface area contributed by atoms with Gasteiger partial charge in [0, 0.05) is 19.2 Å². The van der Waals surface area contributed by atoms with Gasteiger partial charge >= 0.3 is 6.03 Å². The van der Waals surface area contributed by atoms with Crippen LogP contribution in [0.5, 0.6) is 0 Å². The number of hydrogen-bond acceptors (Lipinski definition) is 5. The molecule has 2 amide bonds. The Hall–Kier alpha value is -3.16. The Balaban J connectivity index is 1.41. The molecular weight excluding hydrogens is 332 g/mol. The minimum absolute atomic E-state index is 0.0789. The third kappa shape index (κ3) is 3.05. The third-order valence-electron chi connectivity index (χ3n) is 4.51. The van der Waals surface area contributed by atoms with Crippen LogP contribution >= 0.6 is 0 Å². The molecule has 0 saturated carbocycles. The van der Waals surface area contributed by atoms with E-state index >= 15 is 0 Å². The Kier molecular flexibility index (Phi) is 4.16. The minimum atomic E-state index is -0.0789. The first-order valence-electron chi connectivity index (χ1n) is 8.54. The van der Waals surface area contributed by atoms with Crippen LogP contribution in [0.4, 0.5) is 4.79 Å². The van der Waals surface area contributed by atoms with E-state index in [-0.39, 0.29) is 6.03 Å². The van der Waals surface area contributed by atoms with Crippen LogP contribution in [0, 0.1) is 6.92 Å². The van der Waals surface area contributed by atoms with E-state index < -0.39 is 0 Å². The first-order chi connectivity index (χ1) is 12.6. The van der Waals surface area contributed by atoms with Gasteiger partial charge in [-0.2, -0.15) is 10.1 Å². The van der Waals surface area contributed by atoms with Crippen molar-refractivity contribution in [2.75, 3.05) is 6.54 Å². The Labute approximate surface area is 150 Å². The number of aromatic nitrogens is 4. The van der Waals surface area contributed by atoms with E-state index in [1.807, 2.05) is 25.2 Å². The molecule has 4 rings (SSSR count). The van der Waals surface area contributed by atoms with E-state index in [0.717, 1.165) is 17.7 Å². The molecule has 0 fully saturated rings. The fraction of sp³-hybridized carbons (Fsp3) is 0.333. The van der Waals surface area contributed by atoms with Crippen molar-refractivity contribution in [3.05, 3.63) is 53.0 Å². The van der Waals surface area contributed by atoms with Gasteiger partial charge in [-0.1, -0.05) is 35.5 Å². The van der Waals surface area contributed by atoms with Crippen molar-refractivity contribution in [3.63, 3.8) is 0 Å². The summed E-state index contributed by atoms with van der Waals surface area (Å²) in [4.78, 5) is 18.5. The van der Waals surface area contributed by atoms with Crippen molar-refractivity contribution in [2.24, 2.45) is 7.05 Å². The lowest BCUT2D eigenvalue weighted by molar-refractivity contribution is 0.197. The predicted octanol–water partition coefficient (Wildman–Crippen LogP) is 2.05. The highest BCUT2D eigenvalue weighted by molar-refractivity contribution is 5.75. The fourth-order valence-corrected chi connectivity index (χ4v) is 3.17. The van der Waals surface area contributed by atoms with Crippen molar-refractivity contribution in [3.8, 4) is 11.6 Å². The molecule has 1 aromatic carbocycles. The van der Waals surface area contributed by atoms with Gasteiger partial charge in [0.15, 0.2) is 11.5 Å². The van der Waals surface area contributed by atoms with Crippen LogP contribution in [0.1, 0.15) is 22.6 Å². The second-order valence-electron chi connectivity index (χ2n) is 6.37. The van der Waals surface area contributed by atoms with Gasteiger partial charge in [-0.3, -0.25) is 4.68 Å². The number of urea groups is 1. The molecule has 0 bridgehead atoms. The standard InChI is InChI=1S/C18H20N6O2/c1-12-20-17(26-22-12)16-14-10-24(11-15(14)23(2)21-16)18(25)19-9-8-13-6-4-3-5-7-13/h3-7H,8-11H2,1-2H3,(H,19,25). The number of carbonyl (C=O) groups is 1. The number of aryl methyl sites for hydroxylation is 2. The first-order valence-corrected chi connectivity index (χ1v) is 8.54. The summed E-state index contributed by atoms with van der Waals surface area (Å²) < 4.78 is 7.02. The second-order valence-corrected chi connectivity index (χ2v) is 6.37. The normalized spacial score (nSPS) is 13.1. The fourth-order valence-electron chi connectivity index (χ4n) is 3.17. The summed E-state index contributed by atoms with van der Waals surface area (Å²) >= 11 is 0. The van der Waals surface area contributed by atoms with Gasteiger partial charge in [0.1, 0.15) is 0 Å². The lowest BCUT2D eigenvalue weighted by atomic mass is 10.1. The van der Waals surface area contributed by atoms with E-state index in [0.29, 0.717) is 37.0 Å². The van der Waals surface area contributed by atoms with Gasteiger partial charge in [-0.25, -0.2) is 4.79 Å². The van der Waals surface area contributed by atoms with E-state index in [2.05, 4.69) is 32.7 Å². The molecular formula is C18H20N6O2. The molecule has 0 radical (unpaired) electrons. The zero-order valence-electron chi connectivity index (χ0n) is 14.8. The number of hydrogen-bond donors (Lipinski definition) is 1. The highest BCUT2D eigenvalue weighted by atomic mass is 16.5. The van der Waals surface area contributed by atoms with E-state index in [1.165, 1.54) is 5.56 Å². The topological polar surface area (TPSA) is 89.1 Å². The van der Waals surface area contributed by atoms with Gasteiger partial charge in [-0.15, -0.1) is 0 Å². The van der Waals surface area contributed by atoms with Crippen molar-refractivity contribution >= 4 is 6.03 Å². The Morgan fingerprint density at radius 3 is 2.81 bits per heavy atom. The smallest absolute Gasteiger partial charge is 0.318 e. The quantitative estimate of drug-likeness (QED) is 0.776. The monoisotopic (exact) mass is 352 g/mol. The van der Waals surface area contributed by atoms with Gasteiger partial charge in [-0.05, 0) is 18.9 Å². The lowest BCUT2D eigenvalue weighted by Crippen LogP contribution is -2.37. The largest absolute Gasteiger partial charge is 0.338 e. The first kappa shape index (κ1) is 16.3. The molecule has 0 atom stereocenters. The molecule has 0 aliphatic carbocycles. The summed E-state index contributed by atoms with van der Waals surface area (Å²) in [6, 6.07) is 10.0. The molecule has 0 spiro atoms. The number of rotatable bonds is 4. The maximum atomic E-state index is 12.5. The van der Waals surface area contributed by atoms with Gasteiger partial charge < -0.3 is 14.7 Å². The number of amides is 2. The lowest BCUT2D eigenvalue weighted by Gasteiger charge is -2.17. The maximum absolute atomic E-state index is 12.5. The number of nitrogens with one attached hydrogen (secondary N) is 1. The number of benzene rings is 1. The van der Waals surface area contributed by atoms with Crippen molar-refractivity contribution in [2.45, 2.75) is 26.4 Å². The molecule has 2 aromatic heterocycles. The molecule has 1 aliphatic rings. The number of carbonyl (C=O) groups excluding carboxylic acids is 1. The Morgan fingerprint density at radius 1 is 1.27 bits per heavy atom. The average molecular weight is 352 g/mol. The van der Waals surface area contributed by atoms with E-state index in [1.54, 1.807) is 16.5 Å². The number of fused-ring (bicyclic) bond motifs is 1. The molecule has 134 valence electrons. The highest BCUT2D eigenvalue weighted by Gasteiger charge is 2.31. The van der Waals surface area contributed by atoms with Crippen LogP contribution in [-0.4, -0.2) is 37.4 Å². The van der Waals surface area contributed by atoms with Crippen LogP contribution in [0.15, 0.2) is 34.9 Å². The molecule has 0 unspecified atom stereocenters. The maximum Gasteiger partial charge on any atom is 0.318 e. The molecule has 1 aliphatic heterocycles. The van der Waals surface area contributed by atoms with Crippen LogP contribution in [0.25, 0.3) is 11.6 Å². The molecule has 8 nitrogen and oxygen atoms in total. The zero-order valence-corrected chi connectivity index (χ0v) is 14.8. The summed E-state index contributed by atoms with van der Waals surface area (Å²) in [5.74, 6) is 0.957. The van der Waals surface area contributed by atoms with Crippen LogP contribution in [0.3, 0.4) is 0 Å². The summed E-state index contributed by atoms with van der Waals surface area (Å²) in [6.45, 7) is 3.37. The van der Waals surface area contributed by atoms with Gasteiger partial charge in [0.25, 0.3) is 5.89 Å². The zero-order chi connectivity index (χ0) is 18.1. The van der Waals surface area contributed by atoms with Crippen LogP contribution in [0.2, 0.25) is 0 Å². The van der Waals surface area contributed by atoms with Crippen LogP contribution < -0.4 is 5.32 Å².